The molecule has 0 atom stereocenters. The van der Waals surface area contributed by atoms with Crippen molar-refractivity contribution in [3.63, 3.8) is 0 Å². The van der Waals surface area contributed by atoms with E-state index in [9.17, 15) is 4.79 Å². The third kappa shape index (κ3) is 3.91. The van der Waals surface area contributed by atoms with Gasteiger partial charge in [0.1, 0.15) is 16.5 Å². The zero-order chi connectivity index (χ0) is 18.0. The van der Waals surface area contributed by atoms with E-state index < -0.39 is 0 Å². The molecular weight excluding hydrogens is 338 g/mol. The fraction of sp³-hybridized carbons (Fsp3) is 0.471. The second-order valence-corrected chi connectivity index (χ2v) is 7.07. The Morgan fingerprint density at radius 1 is 1.36 bits per heavy atom. The molecule has 0 saturated heterocycles. The van der Waals surface area contributed by atoms with E-state index in [-0.39, 0.29) is 5.91 Å². The van der Waals surface area contributed by atoms with Crippen molar-refractivity contribution >= 4 is 22.2 Å². The Morgan fingerprint density at radius 3 is 2.80 bits per heavy atom. The van der Waals surface area contributed by atoms with Gasteiger partial charge in [0.2, 0.25) is 4.96 Å². The van der Waals surface area contributed by atoms with Crippen LogP contribution in [0, 0.1) is 13.8 Å². The van der Waals surface area contributed by atoms with Gasteiger partial charge < -0.3 is 9.73 Å². The molecule has 7 nitrogen and oxygen atoms in total. The maximum atomic E-state index is 12.5. The first-order valence-electron chi connectivity index (χ1n) is 8.41. The van der Waals surface area contributed by atoms with Crippen LogP contribution < -0.4 is 5.32 Å². The summed E-state index contributed by atoms with van der Waals surface area (Å²) in [6, 6.07) is 1.83. The summed E-state index contributed by atoms with van der Waals surface area (Å²) in [5.41, 5.74) is 1.37. The number of fused-ring (bicyclic) bond motifs is 1. The number of aromatic nitrogens is 3. The summed E-state index contributed by atoms with van der Waals surface area (Å²) < 4.78 is 7.48. The fourth-order valence-corrected chi connectivity index (χ4v) is 3.45. The monoisotopic (exact) mass is 361 g/mol. The Morgan fingerprint density at radius 2 is 2.12 bits per heavy atom. The molecule has 0 saturated carbocycles. The van der Waals surface area contributed by atoms with Crippen LogP contribution in [0.25, 0.3) is 4.96 Å². The molecule has 0 aliphatic rings. The van der Waals surface area contributed by atoms with Crippen LogP contribution in [-0.2, 0) is 13.1 Å². The number of furan rings is 1. The van der Waals surface area contributed by atoms with E-state index in [1.54, 1.807) is 4.52 Å². The molecule has 0 spiro atoms. The molecule has 3 rings (SSSR count). The minimum Gasteiger partial charge on any atom is -0.464 e. The Bertz CT molecular complexity index is 843. The molecule has 0 fully saturated rings. The standard InChI is InChI=1S/C17H23N5O2S/c1-5-21(6-2)10-14-7-15(11(3)24-14)16(23)18-8-13-9-22-17(19-13)25-12(4)20-22/h7,9H,5-6,8,10H2,1-4H3,(H,18,23). The molecule has 0 radical (unpaired) electrons. The summed E-state index contributed by atoms with van der Waals surface area (Å²) in [4.78, 5) is 20.0. The molecule has 3 heterocycles. The van der Waals surface area contributed by atoms with Crippen molar-refractivity contribution in [2.75, 3.05) is 13.1 Å². The topological polar surface area (TPSA) is 75.7 Å². The number of rotatable bonds is 7. The quantitative estimate of drug-likeness (QED) is 0.700. The van der Waals surface area contributed by atoms with E-state index in [4.69, 9.17) is 4.42 Å². The van der Waals surface area contributed by atoms with Gasteiger partial charge in [0.25, 0.3) is 5.91 Å². The average molecular weight is 361 g/mol. The van der Waals surface area contributed by atoms with Crippen LogP contribution in [0.2, 0.25) is 0 Å². The van der Waals surface area contributed by atoms with E-state index >= 15 is 0 Å². The van der Waals surface area contributed by atoms with E-state index in [2.05, 4.69) is 34.1 Å². The molecule has 8 heteroatoms. The molecule has 0 bridgehead atoms. The summed E-state index contributed by atoms with van der Waals surface area (Å²) in [5.74, 6) is 1.31. The van der Waals surface area contributed by atoms with Crippen molar-refractivity contribution in [1.82, 2.24) is 24.8 Å². The van der Waals surface area contributed by atoms with E-state index in [0.717, 1.165) is 34.5 Å². The Balaban J connectivity index is 1.64. The number of nitrogens with zero attached hydrogens (tertiary/aromatic N) is 4. The highest BCUT2D eigenvalue weighted by Crippen LogP contribution is 2.17. The zero-order valence-electron chi connectivity index (χ0n) is 15.0. The molecule has 25 heavy (non-hydrogen) atoms. The summed E-state index contributed by atoms with van der Waals surface area (Å²) in [6.07, 6.45) is 1.84. The van der Waals surface area contributed by atoms with Gasteiger partial charge in [-0.3, -0.25) is 9.69 Å². The summed E-state index contributed by atoms with van der Waals surface area (Å²) >= 11 is 1.53. The van der Waals surface area contributed by atoms with E-state index in [1.165, 1.54) is 11.3 Å². The second-order valence-electron chi connectivity index (χ2n) is 5.91. The predicted molar refractivity (Wildman–Crippen MR) is 96.8 cm³/mol. The third-order valence-corrected chi connectivity index (χ3v) is 4.95. The second kappa shape index (κ2) is 7.37. The van der Waals surface area contributed by atoms with Gasteiger partial charge in [-0.2, -0.15) is 5.10 Å². The molecule has 1 amide bonds. The fourth-order valence-electron chi connectivity index (χ4n) is 2.71. The highest BCUT2D eigenvalue weighted by Gasteiger charge is 2.16. The van der Waals surface area contributed by atoms with Crippen molar-refractivity contribution in [3.8, 4) is 0 Å². The highest BCUT2D eigenvalue weighted by atomic mass is 32.1. The van der Waals surface area contributed by atoms with Gasteiger partial charge in [-0.1, -0.05) is 25.2 Å². The zero-order valence-corrected chi connectivity index (χ0v) is 15.8. The Labute approximate surface area is 150 Å². The van der Waals surface area contributed by atoms with Crippen molar-refractivity contribution in [1.29, 1.82) is 0 Å². The van der Waals surface area contributed by atoms with Gasteiger partial charge >= 0.3 is 0 Å². The van der Waals surface area contributed by atoms with Crippen LogP contribution in [0.3, 0.4) is 0 Å². The van der Waals surface area contributed by atoms with Crippen molar-refractivity contribution in [2.24, 2.45) is 0 Å². The van der Waals surface area contributed by atoms with Gasteiger partial charge in [-0.05, 0) is 33.0 Å². The lowest BCUT2D eigenvalue weighted by molar-refractivity contribution is 0.0949. The van der Waals surface area contributed by atoms with Gasteiger partial charge in [0, 0.05) is 0 Å². The maximum Gasteiger partial charge on any atom is 0.255 e. The first-order chi connectivity index (χ1) is 12.0. The molecular formula is C17H23N5O2S. The summed E-state index contributed by atoms with van der Waals surface area (Å²) in [7, 11) is 0. The van der Waals surface area contributed by atoms with Gasteiger partial charge in [-0.15, -0.1) is 0 Å². The number of carbonyl (C=O) groups excluding carboxylic acids is 1. The third-order valence-electron chi connectivity index (χ3n) is 4.11. The lowest BCUT2D eigenvalue weighted by atomic mass is 10.2. The molecule has 0 aliphatic heterocycles. The number of hydrogen-bond acceptors (Lipinski definition) is 6. The van der Waals surface area contributed by atoms with Crippen LogP contribution in [0.1, 0.15) is 46.4 Å². The minimum absolute atomic E-state index is 0.146. The van der Waals surface area contributed by atoms with Gasteiger partial charge in [0.15, 0.2) is 0 Å². The van der Waals surface area contributed by atoms with Crippen LogP contribution in [0.15, 0.2) is 16.7 Å². The van der Waals surface area contributed by atoms with E-state index in [1.807, 2.05) is 26.1 Å². The van der Waals surface area contributed by atoms with Crippen LogP contribution in [0.5, 0.6) is 0 Å². The maximum absolute atomic E-state index is 12.5. The Hall–Kier alpha value is -2.19. The first kappa shape index (κ1) is 17.6. The lowest BCUT2D eigenvalue weighted by Crippen LogP contribution is -2.23. The summed E-state index contributed by atoms with van der Waals surface area (Å²) in [6.45, 7) is 11.0. The molecule has 3 aromatic rings. The number of hydrogen-bond donors (Lipinski definition) is 1. The number of imidazole rings is 1. The number of carbonyl (C=O) groups is 1. The first-order valence-corrected chi connectivity index (χ1v) is 9.23. The average Bonchev–Trinajstić information content (AvgIpc) is 3.22. The number of nitrogens with one attached hydrogen (secondary N) is 1. The molecule has 0 aliphatic carbocycles. The highest BCUT2D eigenvalue weighted by molar-refractivity contribution is 7.16. The SMILES string of the molecule is CCN(CC)Cc1cc(C(=O)NCc2cn3nc(C)sc3n2)c(C)o1. The molecule has 1 N–H and O–H groups in total. The smallest absolute Gasteiger partial charge is 0.255 e. The lowest BCUT2D eigenvalue weighted by Gasteiger charge is -2.15. The van der Waals surface area contributed by atoms with Gasteiger partial charge in [0.05, 0.1) is 30.5 Å². The molecule has 0 unspecified atom stereocenters. The van der Waals surface area contributed by atoms with Crippen molar-refractivity contribution in [3.05, 3.63) is 40.0 Å². The van der Waals surface area contributed by atoms with Crippen molar-refractivity contribution < 1.29 is 9.21 Å². The molecule has 3 aromatic heterocycles. The normalized spacial score (nSPS) is 11.6. The minimum atomic E-state index is -0.146. The molecule has 0 aromatic carbocycles. The van der Waals surface area contributed by atoms with Crippen molar-refractivity contribution in [2.45, 2.75) is 40.8 Å². The van der Waals surface area contributed by atoms with Crippen LogP contribution >= 0.6 is 11.3 Å². The number of aryl methyl sites for hydroxylation is 2. The van der Waals surface area contributed by atoms with E-state index in [0.29, 0.717) is 24.4 Å². The molecule has 134 valence electrons. The van der Waals surface area contributed by atoms with Gasteiger partial charge in [-0.25, -0.2) is 9.50 Å². The van der Waals surface area contributed by atoms with Crippen LogP contribution in [-0.4, -0.2) is 38.5 Å². The predicted octanol–water partition coefficient (Wildman–Crippen LogP) is 2.77. The largest absolute Gasteiger partial charge is 0.464 e. The Kier molecular flexibility index (Phi) is 5.19. The van der Waals surface area contributed by atoms with Crippen LogP contribution in [0.4, 0.5) is 0 Å². The number of amides is 1. The summed E-state index contributed by atoms with van der Waals surface area (Å²) in [5, 5.41) is 8.19.